The Morgan fingerprint density at radius 3 is 2.20 bits per heavy atom. The fourth-order valence-electron chi connectivity index (χ4n) is 0.359. The average molecular weight is 146 g/mol. The summed E-state index contributed by atoms with van der Waals surface area (Å²) < 4.78 is 0. The van der Waals surface area contributed by atoms with Gasteiger partial charge in [0.15, 0.2) is 0 Å². The molecule has 60 valence electrons. The van der Waals surface area contributed by atoms with Crippen molar-refractivity contribution < 1.29 is 15.0 Å². The molecule has 0 saturated carbocycles. The van der Waals surface area contributed by atoms with Crippen molar-refractivity contribution in [3.8, 4) is 0 Å². The molecular weight excluding hydrogens is 132 g/mol. The van der Waals surface area contributed by atoms with Gasteiger partial charge in [0.2, 0.25) is 0 Å². The monoisotopic (exact) mass is 146 g/mol. The lowest BCUT2D eigenvalue weighted by atomic mass is 10.3. The second-order valence-electron chi connectivity index (χ2n) is 1.55. The lowest BCUT2D eigenvalue weighted by Gasteiger charge is -1.79. The van der Waals surface area contributed by atoms with E-state index in [2.05, 4.69) is 6.92 Å². The van der Waals surface area contributed by atoms with Gasteiger partial charge >= 0.3 is 0 Å². The number of allylic oxidation sites excluding steroid dienone is 1. The van der Waals surface area contributed by atoms with Gasteiger partial charge in [0, 0.05) is 0 Å². The lowest BCUT2D eigenvalue weighted by molar-refractivity contribution is -0.122. The van der Waals surface area contributed by atoms with Crippen LogP contribution in [0.2, 0.25) is 0 Å². The Kier molecular flexibility index (Phi) is 18.7. The second-order valence-corrected chi connectivity index (χ2v) is 1.55. The van der Waals surface area contributed by atoms with E-state index in [-0.39, 0.29) is 13.1 Å². The maximum atomic E-state index is 8.36. The van der Waals surface area contributed by atoms with E-state index in [1.54, 1.807) is 6.08 Å². The zero-order valence-corrected chi connectivity index (χ0v) is 6.16. The van der Waals surface area contributed by atoms with Crippen LogP contribution in [-0.4, -0.2) is 23.3 Å². The van der Waals surface area contributed by atoms with Crippen LogP contribution in [0.25, 0.3) is 0 Å². The largest absolute Gasteiger partial charge is 0.483 e. The van der Waals surface area contributed by atoms with Crippen molar-refractivity contribution in [2.24, 2.45) is 0 Å². The number of aliphatic hydroxyl groups excluding tert-OH is 1. The number of carbonyl (C=O) groups is 1. The highest BCUT2D eigenvalue weighted by Gasteiger charge is 1.68. The molecule has 0 aromatic carbocycles. The fraction of sp³-hybridized carbons (Fsp3) is 0.571. The molecule has 0 amide bonds. The molecule has 0 aliphatic carbocycles. The Bertz CT molecular complexity index is 78.9. The van der Waals surface area contributed by atoms with E-state index in [4.69, 9.17) is 15.0 Å². The molecule has 0 spiro atoms. The van der Waals surface area contributed by atoms with Crippen LogP contribution in [0.1, 0.15) is 19.8 Å². The quantitative estimate of drug-likeness (QED) is 0.462. The normalized spacial score (nSPS) is 8.60. The smallest absolute Gasteiger partial charge is 0.290 e. The molecule has 0 unspecified atom stereocenters. The van der Waals surface area contributed by atoms with Gasteiger partial charge in [-0.1, -0.05) is 25.5 Å². The standard InChI is InChI=1S/C6H12O.CH2O2/c1-2-3-4-5-6-7;2-1-3/h4-5,7H,2-3,6H2,1H3;1H,(H,2,3)/b5-4+;. The van der Waals surface area contributed by atoms with Crippen molar-refractivity contribution in [2.75, 3.05) is 6.61 Å². The maximum Gasteiger partial charge on any atom is 0.290 e. The summed E-state index contributed by atoms with van der Waals surface area (Å²) in [6, 6.07) is 0. The van der Waals surface area contributed by atoms with Crippen LogP contribution < -0.4 is 0 Å². The highest BCUT2D eigenvalue weighted by atomic mass is 16.3. The van der Waals surface area contributed by atoms with Gasteiger partial charge < -0.3 is 10.2 Å². The van der Waals surface area contributed by atoms with Crippen molar-refractivity contribution >= 4 is 6.47 Å². The van der Waals surface area contributed by atoms with Crippen molar-refractivity contribution in [2.45, 2.75) is 19.8 Å². The first-order chi connectivity index (χ1) is 4.83. The number of unbranched alkanes of at least 4 members (excludes halogenated alkanes) is 1. The molecule has 0 aromatic rings. The van der Waals surface area contributed by atoms with Crippen LogP contribution in [-0.2, 0) is 4.79 Å². The number of carboxylic acid groups (broad SMARTS) is 1. The molecule has 0 bridgehead atoms. The van der Waals surface area contributed by atoms with Crippen LogP contribution in [0.3, 0.4) is 0 Å². The van der Waals surface area contributed by atoms with Crippen LogP contribution in [0.4, 0.5) is 0 Å². The topological polar surface area (TPSA) is 57.5 Å². The van der Waals surface area contributed by atoms with Crippen LogP contribution >= 0.6 is 0 Å². The van der Waals surface area contributed by atoms with Gasteiger partial charge in [0.1, 0.15) is 0 Å². The number of hydrogen-bond donors (Lipinski definition) is 2. The van der Waals surface area contributed by atoms with Gasteiger partial charge in [-0.05, 0) is 6.42 Å². The Labute approximate surface area is 61.0 Å². The third-order valence-electron chi connectivity index (χ3n) is 0.727. The minimum atomic E-state index is -0.250. The maximum absolute atomic E-state index is 8.36. The number of hydrogen-bond acceptors (Lipinski definition) is 2. The second kappa shape index (κ2) is 15.7. The zero-order chi connectivity index (χ0) is 8.24. The summed E-state index contributed by atoms with van der Waals surface area (Å²) in [5.41, 5.74) is 0. The molecule has 0 aliphatic heterocycles. The van der Waals surface area contributed by atoms with Gasteiger partial charge in [-0.2, -0.15) is 0 Å². The molecule has 0 fully saturated rings. The minimum Gasteiger partial charge on any atom is -0.483 e. The van der Waals surface area contributed by atoms with E-state index >= 15 is 0 Å². The van der Waals surface area contributed by atoms with E-state index in [1.807, 2.05) is 6.08 Å². The summed E-state index contributed by atoms with van der Waals surface area (Å²) >= 11 is 0. The molecule has 3 heteroatoms. The van der Waals surface area contributed by atoms with Gasteiger partial charge in [-0.25, -0.2) is 0 Å². The van der Waals surface area contributed by atoms with Gasteiger partial charge in [0.25, 0.3) is 6.47 Å². The van der Waals surface area contributed by atoms with Crippen molar-refractivity contribution in [3.63, 3.8) is 0 Å². The molecule has 0 rings (SSSR count). The van der Waals surface area contributed by atoms with Gasteiger partial charge in [-0.15, -0.1) is 0 Å². The summed E-state index contributed by atoms with van der Waals surface area (Å²) in [4.78, 5) is 8.36. The Morgan fingerprint density at radius 2 is 1.90 bits per heavy atom. The molecule has 0 atom stereocenters. The summed E-state index contributed by atoms with van der Waals surface area (Å²) in [5, 5.41) is 15.1. The van der Waals surface area contributed by atoms with E-state index in [1.165, 1.54) is 0 Å². The van der Waals surface area contributed by atoms with Crippen molar-refractivity contribution in [3.05, 3.63) is 12.2 Å². The minimum absolute atomic E-state index is 0.181. The average Bonchev–Trinajstić information content (AvgIpc) is 1.91. The lowest BCUT2D eigenvalue weighted by Crippen LogP contribution is -1.69. The first kappa shape index (κ1) is 11.9. The summed E-state index contributed by atoms with van der Waals surface area (Å²) in [5.74, 6) is 0. The number of aliphatic hydroxyl groups is 1. The SMILES string of the molecule is CCC/C=C/CO.O=CO. The molecule has 0 aromatic heterocycles. The number of rotatable bonds is 3. The third kappa shape index (κ3) is 27.2. The molecule has 2 N–H and O–H groups in total. The van der Waals surface area contributed by atoms with Crippen LogP contribution in [0, 0.1) is 0 Å². The predicted octanol–water partition coefficient (Wildman–Crippen LogP) is 1.04. The molecule has 0 aliphatic rings. The zero-order valence-electron chi connectivity index (χ0n) is 6.16. The summed E-state index contributed by atoms with van der Waals surface area (Å²) in [7, 11) is 0. The van der Waals surface area contributed by atoms with Crippen LogP contribution in [0.15, 0.2) is 12.2 Å². The van der Waals surface area contributed by atoms with Crippen molar-refractivity contribution in [1.29, 1.82) is 0 Å². The summed E-state index contributed by atoms with van der Waals surface area (Å²) in [6.45, 7) is 2.04. The van der Waals surface area contributed by atoms with Gasteiger partial charge in [-0.3, -0.25) is 4.79 Å². The first-order valence-electron chi connectivity index (χ1n) is 3.17. The Hall–Kier alpha value is -0.830. The molecular formula is C7H14O3. The van der Waals surface area contributed by atoms with E-state index < -0.39 is 0 Å². The fourth-order valence-corrected chi connectivity index (χ4v) is 0.359. The van der Waals surface area contributed by atoms with Crippen LogP contribution in [0.5, 0.6) is 0 Å². The highest BCUT2D eigenvalue weighted by molar-refractivity contribution is 5.32. The Morgan fingerprint density at radius 1 is 1.40 bits per heavy atom. The molecule has 10 heavy (non-hydrogen) atoms. The molecule has 0 saturated heterocycles. The third-order valence-corrected chi connectivity index (χ3v) is 0.727. The van der Waals surface area contributed by atoms with E-state index in [9.17, 15) is 0 Å². The first-order valence-corrected chi connectivity index (χ1v) is 3.17. The highest BCUT2D eigenvalue weighted by Crippen LogP contribution is 1.85. The van der Waals surface area contributed by atoms with Crippen molar-refractivity contribution in [1.82, 2.24) is 0 Å². The predicted molar refractivity (Wildman–Crippen MR) is 39.8 cm³/mol. The van der Waals surface area contributed by atoms with E-state index in [0.717, 1.165) is 12.8 Å². The van der Waals surface area contributed by atoms with Gasteiger partial charge in [0.05, 0.1) is 6.61 Å². The molecule has 3 nitrogen and oxygen atoms in total. The molecule has 0 heterocycles. The van der Waals surface area contributed by atoms with E-state index in [0.29, 0.717) is 0 Å². The molecule has 0 radical (unpaired) electrons. The summed E-state index contributed by atoms with van der Waals surface area (Å²) in [6.07, 6.45) is 6.00. The Balaban J connectivity index is 0.